The Morgan fingerprint density at radius 3 is 2.46 bits per heavy atom. The predicted molar refractivity (Wildman–Crippen MR) is 131 cm³/mol. The zero-order valence-electron chi connectivity index (χ0n) is 20.7. The molecule has 0 bridgehead atoms. The molecule has 0 unspecified atom stereocenters. The minimum atomic E-state index is -0.613. The fourth-order valence-electron chi connectivity index (χ4n) is 5.15. The zero-order valence-corrected chi connectivity index (χ0v) is 20.7. The largest absolute Gasteiger partial charge is 0.343 e. The van der Waals surface area contributed by atoms with Crippen LogP contribution in [0.15, 0.2) is 22.7 Å². The van der Waals surface area contributed by atoms with Crippen molar-refractivity contribution in [1.29, 1.82) is 0 Å². The van der Waals surface area contributed by atoms with Gasteiger partial charge in [-0.2, -0.15) is 4.98 Å². The first-order valence-corrected chi connectivity index (χ1v) is 12.7. The lowest BCUT2D eigenvalue weighted by Crippen LogP contribution is -2.45. The Kier molecular flexibility index (Phi) is 7.83. The average Bonchev–Trinajstić information content (AvgIpc) is 3.48. The van der Waals surface area contributed by atoms with Crippen molar-refractivity contribution in [2.45, 2.75) is 83.6 Å². The van der Waals surface area contributed by atoms with E-state index in [0.29, 0.717) is 23.0 Å². The number of para-hydroxylation sites is 1. The SMILES string of the molecule is CC(=O)NC1(c2noc(CCC(=O)Nc3c(C)cccc3C(=O)N3CCCC3)n2)CCCCCC1. The second kappa shape index (κ2) is 11.0. The van der Waals surface area contributed by atoms with Crippen molar-refractivity contribution >= 4 is 23.4 Å². The molecule has 3 amide bonds. The van der Waals surface area contributed by atoms with Crippen molar-refractivity contribution in [2.75, 3.05) is 18.4 Å². The second-order valence-corrected chi connectivity index (χ2v) is 9.73. The Labute approximate surface area is 206 Å². The molecule has 9 heteroatoms. The summed E-state index contributed by atoms with van der Waals surface area (Å²) >= 11 is 0. The highest BCUT2D eigenvalue weighted by atomic mass is 16.5. The van der Waals surface area contributed by atoms with Gasteiger partial charge in [0.2, 0.25) is 17.7 Å². The Morgan fingerprint density at radius 1 is 1.06 bits per heavy atom. The maximum absolute atomic E-state index is 13.0. The molecule has 0 spiro atoms. The van der Waals surface area contributed by atoms with Gasteiger partial charge in [-0.25, -0.2) is 0 Å². The standard InChI is InChI=1S/C26H35N5O4/c1-18-10-9-11-20(24(34)31-16-7-8-17-31)23(18)27-21(33)12-13-22-28-25(30-35-22)26(29-19(2)32)14-5-3-4-6-15-26/h9-11H,3-8,12-17H2,1-2H3,(H,27,33)(H,29,32). The average molecular weight is 482 g/mol. The van der Waals surface area contributed by atoms with Crippen LogP contribution < -0.4 is 10.6 Å². The van der Waals surface area contributed by atoms with Crippen LogP contribution in [0.25, 0.3) is 0 Å². The summed E-state index contributed by atoms with van der Waals surface area (Å²) in [4.78, 5) is 44.1. The molecule has 2 aromatic rings. The monoisotopic (exact) mass is 481 g/mol. The molecule has 4 rings (SSSR count). The maximum atomic E-state index is 13.0. The number of nitrogens with zero attached hydrogens (tertiary/aromatic N) is 3. The number of hydrogen-bond acceptors (Lipinski definition) is 6. The van der Waals surface area contributed by atoms with E-state index in [9.17, 15) is 14.4 Å². The van der Waals surface area contributed by atoms with Gasteiger partial charge >= 0.3 is 0 Å². The molecule has 2 fully saturated rings. The van der Waals surface area contributed by atoms with Crippen LogP contribution >= 0.6 is 0 Å². The molecular formula is C26H35N5O4. The number of carbonyl (C=O) groups is 3. The van der Waals surface area contributed by atoms with E-state index < -0.39 is 5.54 Å². The van der Waals surface area contributed by atoms with E-state index in [-0.39, 0.29) is 30.6 Å². The first-order valence-electron chi connectivity index (χ1n) is 12.7. The molecule has 1 aliphatic heterocycles. The second-order valence-electron chi connectivity index (χ2n) is 9.73. The summed E-state index contributed by atoms with van der Waals surface area (Å²) in [6, 6.07) is 5.49. The van der Waals surface area contributed by atoms with E-state index in [0.717, 1.165) is 70.0 Å². The van der Waals surface area contributed by atoms with Gasteiger partial charge in [0.25, 0.3) is 5.91 Å². The van der Waals surface area contributed by atoms with Crippen LogP contribution in [0.1, 0.15) is 92.3 Å². The summed E-state index contributed by atoms with van der Waals surface area (Å²) < 4.78 is 5.47. The van der Waals surface area contributed by atoms with Gasteiger partial charge in [-0.1, -0.05) is 43.0 Å². The first kappa shape index (κ1) is 24.9. The number of carbonyl (C=O) groups excluding carboxylic acids is 3. The van der Waals surface area contributed by atoms with Crippen molar-refractivity contribution < 1.29 is 18.9 Å². The minimum Gasteiger partial charge on any atom is -0.343 e. The van der Waals surface area contributed by atoms with Crippen LogP contribution in [-0.4, -0.2) is 45.9 Å². The van der Waals surface area contributed by atoms with Gasteiger partial charge in [-0.15, -0.1) is 0 Å². The normalized spacial score (nSPS) is 17.6. The molecule has 9 nitrogen and oxygen atoms in total. The number of aryl methyl sites for hydroxylation is 2. The summed E-state index contributed by atoms with van der Waals surface area (Å²) in [5.41, 5.74) is 1.31. The first-order chi connectivity index (χ1) is 16.9. The number of hydrogen-bond donors (Lipinski definition) is 2. The van der Waals surface area contributed by atoms with Crippen molar-refractivity contribution in [3.05, 3.63) is 41.0 Å². The van der Waals surface area contributed by atoms with Crippen molar-refractivity contribution in [2.24, 2.45) is 0 Å². The van der Waals surface area contributed by atoms with E-state index in [1.165, 1.54) is 6.92 Å². The summed E-state index contributed by atoms with van der Waals surface area (Å²) in [6.07, 6.45) is 8.18. The lowest BCUT2D eigenvalue weighted by Gasteiger charge is -2.30. The molecule has 1 aromatic heterocycles. The highest BCUT2D eigenvalue weighted by Gasteiger charge is 2.38. The van der Waals surface area contributed by atoms with Crippen molar-refractivity contribution in [3.63, 3.8) is 0 Å². The smallest absolute Gasteiger partial charge is 0.255 e. The summed E-state index contributed by atoms with van der Waals surface area (Å²) in [7, 11) is 0. The van der Waals surface area contributed by atoms with Gasteiger partial charge < -0.3 is 20.1 Å². The van der Waals surface area contributed by atoms with Crippen LogP contribution in [0.2, 0.25) is 0 Å². The molecule has 1 aromatic carbocycles. The third-order valence-corrected chi connectivity index (χ3v) is 7.00. The minimum absolute atomic E-state index is 0.0466. The fourth-order valence-corrected chi connectivity index (χ4v) is 5.15. The lowest BCUT2D eigenvalue weighted by atomic mass is 9.89. The molecule has 188 valence electrons. The molecular weight excluding hydrogens is 446 g/mol. The lowest BCUT2D eigenvalue weighted by molar-refractivity contribution is -0.121. The zero-order chi connectivity index (χ0) is 24.8. The number of rotatable bonds is 7. The van der Waals surface area contributed by atoms with Crippen molar-refractivity contribution in [1.82, 2.24) is 20.4 Å². The van der Waals surface area contributed by atoms with E-state index in [2.05, 4.69) is 20.8 Å². The topological polar surface area (TPSA) is 117 Å². The molecule has 2 N–H and O–H groups in total. The van der Waals surface area contributed by atoms with Crippen LogP contribution in [0.4, 0.5) is 5.69 Å². The van der Waals surface area contributed by atoms with Crippen molar-refractivity contribution in [3.8, 4) is 0 Å². The van der Waals surface area contributed by atoms with E-state index in [1.54, 1.807) is 6.07 Å². The summed E-state index contributed by atoms with van der Waals surface area (Å²) in [6.45, 7) is 4.89. The molecule has 1 saturated carbocycles. The highest BCUT2D eigenvalue weighted by Crippen LogP contribution is 2.34. The third-order valence-electron chi connectivity index (χ3n) is 7.00. The molecule has 0 atom stereocenters. The Balaban J connectivity index is 1.42. The number of amides is 3. The molecule has 2 heterocycles. The Morgan fingerprint density at radius 2 is 1.77 bits per heavy atom. The summed E-state index contributed by atoms with van der Waals surface area (Å²) in [5, 5.41) is 10.2. The number of nitrogens with one attached hydrogen (secondary N) is 2. The van der Waals surface area contributed by atoms with Crippen LogP contribution in [0.3, 0.4) is 0 Å². The van der Waals surface area contributed by atoms with Gasteiger partial charge in [0.05, 0.1) is 11.3 Å². The van der Waals surface area contributed by atoms with E-state index in [1.807, 2.05) is 24.0 Å². The van der Waals surface area contributed by atoms with Gasteiger partial charge in [0, 0.05) is 32.9 Å². The van der Waals surface area contributed by atoms with Crippen LogP contribution in [0.5, 0.6) is 0 Å². The van der Waals surface area contributed by atoms with Gasteiger partial charge in [0.1, 0.15) is 5.54 Å². The molecule has 35 heavy (non-hydrogen) atoms. The van der Waals surface area contributed by atoms with Gasteiger partial charge in [-0.3, -0.25) is 14.4 Å². The number of anilines is 1. The number of likely N-dealkylation sites (tertiary alicyclic amines) is 1. The fraction of sp³-hybridized carbons (Fsp3) is 0.577. The van der Waals surface area contributed by atoms with E-state index in [4.69, 9.17) is 4.52 Å². The van der Waals surface area contributed by atoms with Gasteiger partial charge in [-0.05, 0) is 44.2 Å². The molecule has 0 radical (unpaired) electrons. The van der Waals surface area contributed by atoms with Crippen LogP contribution in [-0.2, 0) is 21.5 Å². The number of benzene rings is 1. The quantitative estimate of drug-likeness (QED) is 0.580. The molecule has 1 aliphatic carbocycles. The summed E-state index contributed by atoms with van der Waals surface area (Å²) in [5.74, 6) is 0.468. The maximum Gasteiger partial charge on any atom is 0.255 e. The molecule has 2 aliphatic rings. The number of aromatic nitrogens is 2. The highest BCUT2D eigenvalue weighted by molar-refractivity contribution is 6.04. The predicted octanol–water partition coefficient (Wildman–Crippen LogP) is 3.87. The van der Waals surface area contributed by atoms with Crippen LogP contribution in [0, 0.1) is 6.92 Å². The van der Waals surface area contributed by atoms with Gasteiger partial charge in [0.15, 0.2) is 5.82 Å². The van der Waals surface area contributed by atoms with E-state index >= 15 is 0 Å². The third kappa shape index (κ3) is 5.89. The molecule has 1 saturated heterocycles. The Bertz CT molecular complexity index is 1070. The Hall–Kier alpha value is -3.23.